The highest BCUT2D eigenvalue weighted by molar-refractivity contribution is 6.53. The fourth-order valence-corrected chi connectivity index (χ4v) is 3.16. The van der Waals surface area contributed by atoms with Gasteiger partial charge in [0.25, 0.3) is 0 Å². The molecule has 24 heavy (non-hydrogen) atoms. The minimum absolute atomic E-state index is 0.0200. The number of rotatable bonds is 4. The highest BCUT2D eigenvalue weighted by atomic mass is 28.3. The van der Waals surface area contributed by atoms with Gasteiger partial charge in [0.05, 0.1) is 18.0 Å². The van der Waals surface area contributed by atoms with E-state index in [9.17, 15) is 0 Å². The van der Waals surface area contributed by atoms with E-state index in [0.717, 1.165) is 16.9 Å². The summed E-state index contributed by atoms with van der Waals surface area (Å²) in [5, 5.41) is 4.96. The Morgan fingerprint density at radius 3 is 2.33 bits per heavy atom. The van der Waals surface area contributed by atoms with Crippen LogP contribution in [0.2, 0.25) is 11.6 Å². The lowest BCUT2D eigenvalue weighted by atomic mass is 9.92. The molecule has 0 amide bonds. The summed E-state index contributed by atoms with van der Waals surface area (Å²) in [6.45, 7) is 16.1. The first-order chi connectivity index (χ1) is 11.0. The SMILES string of the molecule is C[SiH](OCc1cccc(-n2nc(C(C)(C)C)cc2N)c1)C(C)(C)C. The van der Waals surface area contributed by atoms with Crippen LogP contribution in [0.4, 0.5) is 5.82 Å². The second-order valence-corrected chi connectivity index (χ2v) is 12.0. The molecule has 1 aromatic heterocycles. The number of nitrogens with zero attached hydrogens (tertiary/aromatic N) is 2. The van der Waals surface area contributed by atoms with E-state index in [-0.39, 0.29) is 10.5 Å². The Balaban J connectivity index is 2.21. The van der Waals surface area contributed by atoms with Crippen molar-refractivity contribution in [1.82, 2.24) is 9.78 Å². The number of benzene rings is 1. The maximum Gasteiger partial charge on any atom is 0.179 e. The highest BCUT2D eigenvalue weighted by Crippen LogP contribution is 2.28. The maximum absolute atomic E-state index is 6.18. The number of aromatic nitrogens is 2. The van der Waals surface area contributed by atoms with Gasteiger partial charge in [-0.25, -0.2) is 4.68 Å². The molecular formula is C19H31N3OSi. The fraction of sp³-hybridized carbons (Fsp3) is 0.526. The first kappa shape index (κ1) is 18.7. The standard InChI is InChI=1S/C19H31N3OSi/c1-18(2,3)16-12-17(20)22(21-16)15-10-8-9-14(11-15)13-23-24(7)19(4,5)6/h8-12,24H,13,20H2,1-7H3. The van der Waals surface area contributed by atoms with Crippen molar-refractivity contribution >= 4 is 14.9 Å². The summed E-state index contributed by atoms with van der Waals surface area (Å²) in [6, 6.07) is 10.2. The summed E-state index contributed by atoms with van der Waals surface area (Å²) in [6.07, 6.45) is 0. The van der Waals surface area contributed by atoms with Gasteiger partial charge in [0.15, 0.2) is 9.04 Å². The molecule has 132 valence electrons. The zero-order chi connectivity index (χ0) is 18.1. The van der Waals surface area contributed by atoms with Crippen LogP contribution in [0.15, 0.2) is 30.3 Å². The Morgan fingerprint density at radius 1 is 1.12 bits per heavy atom. The van der Waals surface area contributed by atoms with Gasteiger partial charge >= 0.3 is 0 Å². The normalized spacial score (nSPS) is 14.0. The molecule has 5 heteroatoms. The van der Waals surface area contributed by atoms with Gasteiger partial charge in [-0.1, -0.05) is 53.7 Å². The number of nitrogens with two attached hydrogens (primary N) is 1. The van der Waals surface area contributed by atoms with Crippen LogP contribution in [0.25, 0.3) is 5.69 Å². The topological polar surface area (TPSA) is 53.1 Å². The van der Waals surface area contributed by atoms with E-state index in [4.69, 9.17) is 10.2 Å². The van der Waals surface area contributed by atoms with Gasteiger partial charge in [0.1, 0.15) is 5.82 Å². The molecule has 0 aliphatic heterocycles. The van der Waals surface area contributed by atoms with E-state index >= 15 is 0 Å². The largest absolute Gasteiger partial charge is 0.416 e. The Bertz CT molecular complexity index is 695. The van der Waals surface area contributed by atoms with Crippen molar-refractivity contribution in [3.8, 4) is 5.69 Å². The third-order valence-electron chi connectivity index (χ3n) is 4.38. The average molecular weight is 346 g/mol. The minimum atomic E-state index is -1.23. The maximum atomic E-state index is 6.18. The van der Waals surface area contributed by atoms with Crippen molar-refractivity contribution < 1.29 is 4.43 Å². The molecule has 2 N–H and O–H groups in total. The van der Waals surface area contributed by atoms with Gasteiger partial charge in [-0.3, -0.25) is 0 Å². The van der Waals surface area contributed by atoms with E-state index in [1.54, 1.807) is 0 Å². The molecule has 0 saturated carbocycles. The van der Waals surface area contributed by atoms with E-state index in [1.165, 1.54) is 0 Å². The Labute approximate surface area is 147 Å². The van der Waals surface area contributed by atoms with E-state index in [2.05, 4.69) is 65.3 Å². The van der Waals surface area contributed by atoms with Gasteiger partial charge in [0, 0.05) is 11.5 Å². The van der Waals surface area contributed by atoms with Crippen LogP contribution in [0.5, 0.6) is 0 Å². The summed E-state index contributed by atoms with van der Waals surface area (Å²) in [5.74, 6) is 0.662. The van der Waals surface area contributed by atoms with Gasteiger partial charge in [0.2, 0.25) is 0 Å². The molecular weight excluding hydrogens is 314 g/mol. The van der Waals surface area contributed by atoms with Crippen LogP contribution < -0.4 is 5.73 Å². The third kappa shape index (κ3) is 4.48. The lowest BCUT2D eigenvalue weighted by molar-refractivity contribution is 0.294. The van der Waals surface area contributed by atoms with Crippen LogP contribution in [-0.4, -0.2) is 18.8 Å². The van der Waals surface area contributed by atoms with Crippen LogP contribution in [0, 0.1) is 0 Å². The number of nitrogen functional groups attached to an aromatic ring is 1. The van der Waals surface area contributed by atoms with E-state index < -0.39 is 9.04 Å². The molecule has 0 saturated heterocycles. The predicted octanol–water partition coefficient (Wildman–Crippen LogP) is 4.42. The lowest BCUT2D eigenvalue weighted by Crippen LogP contribution is -2.25. The van der Waals surface area contributed by atoms with Crippen molar-refractivity contribution in [2.24, 2.45) is 0 Å². The quantitative estimate of drug-likeness (QED) is 0.834. The van der Waals surface area contributed by atoms with Crippen LogP contribution in [-0.2, 0) is 16.4 Å². The summed E-state index contributed by atoms with van der Waals surface area (Å²) < 4.78 is 7.97. The van der Waals surface area contributed by atoms with Crippen LogP contribution in [0.3, 0.4) is 0 Å². The van der Waals surface area contributed by atoms with Crippen LogP contribution in [0.1, 0.15) is 52.8 Å². The number of anilines is 1. The zero-order valence-electron chi connectivity index (χ0n) is 16.1. The van der Waals surface area contributed by atoms with Crippen molar-refractivity contribution in [3.63, 3.8) is 0 Å². The Morgan fingerprint density at radius 2 is 1.79 bits per heavy atom. The van der Waals surface area contributed by atoms with E-state index in [0.29, 0.717) is 12.4 Å². The monoisotopic (exact) mass is 345 g/mol. The smallest absolute Gasteiger partial charge is 0.179 e. The number of hydrogen-bond donors (Lipinski definition) is 1. The molecule has 4 nitrogen and oxygen atoms in total. The zero-order valence-corrected chi connectivity index (χ0v) is 17.2. The molecule has 0 bridgehead atoms. The molecule has 1 unspecified atom stereocenters. The van der Waals surface area contributed by atoms with Gasteiger partial charge in [-0.2, -0.15) is 5.10 Å². The first-order valence-corrected chi connectivity index (χ1v) is 10.8. The van der Waals surface area contributed by atoms with Gasteiger partial charge in [-0.05, 0) is 29.3 Å². The van der Waals surface area contributed by atoms with Gasteiger partial charge < -0.3 is 10.2 Å². The van der Waals surface area contributed by atoms with Crippen molar-refractivity contribution in [1.29, 1.82) is 0 Å². The average Bonchev–Trinajstić information content (AvgIpc) is 2.86. The molecule has 1 heterocycles. The minimum Gasteiger partial charge on any atom is -0.416 e. The molecule has 2 aromatic rings. The molecule has 1 atom stereocenters. The van der Waals surface area contributed by atoms with Crippen molar-refractivity contribution in [2.45, 2.75) is 65.1 Å². The van der Waals surface area contributed by atoms with Crippen LogP contribution >= 0.6 is 0 Å². The highest BCUT2D eigenvalue weighted by Gasteiger charge is 2.23. The summed E-state index contributed by atoms with van der Waals surface area (Å²) in [4.78, 5) is 0. The van der Waals surface area contributed by atoms with Crippen molar-refractivity contribution in [2.75, 3.05) is 5.73 Å². The lowest BCUT2D eigenvalue weighted by Gasteiger charge is -2.25. The Kier molecular flexibility index (Phi) is 5.25. The molecule has 2 rings (SSSR count). The number of hydrogen-bond acceptors (Lipinski definition) is 3. The summed E-state index contributed by atoms with van der Waals surface area (Å²) in [5.41, 5.74) is 9.29. The molecule has 0 aliphatic carbocycles. The first-order valence-electron chi connectivity index (χ1n) is 8.55. The summed E-state index contributed by atoms with van der Waals surface area (Å²) in [7, 11) is -1.23. The second kappa shape index (κ2) is 6.73. The van der Waals surface area contributed by atoms with Crippen molar-refractivity contribution in [3.05, 3.63) is 41.6 Å². The third-order valence-corrected chi connectivity index (χ3v) is 7.49. The molecule has 1 aromatic carbocycles. The van der Waals surface area contributed by atoms with E-state index in [1.807, 2.05) is 22.9 Å². The predicted molar refractivity (Wildman–Crippen MR) is 104 cm³/mol. The Hall–Kier alpha value is -1.59. The summed E-state index contributed by atoms with van der Waals surface area (Å²) >= 11 is 0. The molecule has 0 spiro atoms. The van der Waals surface area contributed by atoms with Gasteiger partial charge in [-0.15, -0.1) is 0 Å². The molecule has 0 aliphatic rings. The second-order valence-electron chi connectivity index (χ2n) is 8.61. The molecule has 0 fully saturated rings. The fourth-order valence-electron chi connectivity index (χ4n) is 2.22. The molecule has 0 radical (unpaired) electrons.